The first-order valence-electron chi connectivity index (χ1n) is 5.66. The zero-order valence-corrected chi connectivity index (χ0v) is 11.1. The van der Waals surface area contributed by atoms with Crippen LogP contribution in [0.4, 0.5) is 0 Å². The molecule has 0 aliphatic carbocycles. The normalized spacial score (nSPS) is 21.2. The van der Waals surface area contributed by atoms with Crippen LogP contribution >= 0.6 is 0 Å². The number of ether oxygens (including phenoxy) is 1. The molecule has 1 aliphatic rings. The maximum Gasteiger partial charge on any atom is 0.208 e. The summed E-state index contributed by atoms with van der Waals surface area (Å²) in [6, 6.07) is 0.249. The SMILES string of the molecule is CC(C)C(CNS(C)(=O)=O)N1CCOCC1. The van der Waals surface area contributed by atoms with Gasteiger partial charge in [0.15, 0.2) is 0 Å². The molecule has 1 N–H and O–H groups in total. The third-order valence-electron chi connectivity index (χ3n) is 2.84. The highest BCUT2D eigenvalue weighted by Gasteiger charge is 2.24. The average Bonchev–Trinajstić information content (AvgIpc) is 2.17. The van der Waals surface area contributed by atoms with Gasteiger partial charge in [-0.2, -0.15) is 0 Å². The second-order valence-corrected chi connectivity index (χ2v) is 6.41. The Bertz CT molecular complexity index is 297. The van der Waals surface area contributed by atoms with Crippen molar-refractivity contribution in [3.8, 4) is 0 Å². The van der Waals surface area contributed by atoms with Gasteiger partial charge in [-0.3, -0.25) is 4.90 Å². The van der Waals surface area contributed by atoms with E-state index in [0.717, 1.165) is 26.3 Å². The van der Waals surface area contributed by atoms with Crippen molar-refractivity contribution in [3.63, 3.8) is 0 Å². The molecule has 6 heteroatoms. The fourth-order valence-electron chi connectivity index (χ4n) is 1.93. The summed E-state index contributed by atoms with van der Waals surface area (Å²) in [4.78, 5) is 2.30. The molecule has 1 aliphatic heterocycles. The number of rotatable bonds is 5. The molecule has 1 saturated heterocycles. The van der Waals surface area contributed by atoms with Crippen LogP contribution in [0.15, 0.2) is 0 Å². The van der Waals surface area contributed by atoms with Crippen LogP contribution in [0.1, 0.15) is 13.8 Å². The van der Waals surface area contributed by atoms with Crippen molar-refractivity contribution < 1.29 is 13.2 Å². The van der Waals surface area contributed by atoms with E-state index in [0.29, 0.717) is 12.5 Å². The van der Waals surface area contributed by atoms with E-state index in [4.69, 9.17) is 4.74 Å². The molecule has 1 atom stereocenters. The Kier molecular flexibility index (Phi) is 5.17. The lowest BCUT2D eigenvalue weighted by Gasteiger charge is -2.36. The molecule has 96 valence electrons. The zero-order chi connectivity index (χ0) is 12.2. The summed E-state index contributed by atoms with van der Waals surface area (Å²) in [5.41, 5.74) is 0. The molecule has 5 nitrogen and oxygen atoms in total. The summed E-state index contributed by atoms with van der Waals surface area (Å²) in [6.45, 7) is 7.96. The Labute approximate surface area is 98.2 Å². The van der Waals surface area contributed by atoms with E-state index in [1.165, 1.54) is 6.26 Å². The largest absolute Gasteiger partial charge is 0.379 e. The number of nitrogens with zero attached hydrogens (tertiary/aromatic N) is 1. The highest BCUT2D eigenvalue weighted by molar-refractivity contribution is 7.88. The van der Waals surface area contributed by atoms with E-state index in [1.54, 1.807) is 0 Å². The molecule has 0 aromatic carbocycles. The first kappa shape index (κ1) is 13.9. The minimum Gasteiger partial charge on any atom is -0.379 e. The van der Waals surface area contributed by atoms with E-state index >= 15 is 0 Å². The van der Waals surface area contributed by atoms with E-state index in [2.05, 4.69) is 23.5 Å². The van der Waals surface area contributed by atoms with Crippen molar-refractivity contribution in [1.82, 2.24) is 9.62 Å². The Balaban J connectivity index is 2.52. The molecule has 0 amide bonds. The standard InChI is InChI=1S/C10H22N2O3S/c1-9(2)10(8-11-16(3,13)14)12-4-6-15-7-5-12/h9-11H,4-8H2,1-3H3. The predicted molar refractivity (Wildman–Crippen MR) is 63.9 cm³/mol. The fraction of sp³-hybridized carbons (Fsp3) is 1.00. The summed E-state index contributed by atoms with van der Waals surface area (Å²) in [5.74, 6) is 0.423. The lowest BCUT2D eigenvalue weighted by atomic mass is 10.0. The van der Waals surface area contributed by atoms with Crippen LogP contribution in [0.5, 0.6) is 0 Å². The maximum absolute atomic E-state index is 11.1. The lowest BCUT2D eigenvalue weighted by molar-refractivity contribution is 0.00777. The molecule has 16 heavy (non-hydrogen) atoms. The molecule has 0 saturated carbocycles. The molecule has 0 aromatic rings. The van der Waals surface area contributed by atoms with Gasteiger partial charge in [0.1, 0.15) is 0 Å². The summed E-state index contributed by atoms with van der Waals surface area (Å²) >= 11 is 0. The van der Waals surface area contributed by atoms with E-state index < -0.39 is 10.0 Å². The van der Waals surface area contributed by atoms with Crippen molar-refractivity contribution >= 4 is 10.0 Å². The van der Waals surface area contributed by atoms with Gasteiger partial charge in [0.05, 0.1) is 19.5 Å². The van der Waals surface area contributed by atoms with Crippen LogP contribution in [-0.4, -0.2) is 58.5 Å². The maximum atomic E-state index is 11.1. The van der Waals surface area contributed by atoms with Gasteiger partial charge >= 0.3 is 0 Å². The van der Waals surface area contributed by atoms with Gasteiger partial charge < -0.3 is 4.74 Å². The second-order valence-electron chi connectivity index (χ2n) is 4.58. The minimum absolute atomic E-state index is 0.249. The molecular weight excluding hydrogens is 228 g/mol. The van der Waals surface area contributed by atoms with Gasteiger partial charge in [0.2, 0.25) is 10.0 Å². The van der Waals surface area contributed by atoms with Gasteiger partial charge in [0.25, 0.3) is 0 Å². The second kappa shape index (κ2) is 5.95. The molecule has 1 fully saturated rings. The van der Waals surface area contributed by atoms with E-state index in [1.807, 2.05) is 0 Å². The Hall–Kier alpha value is -0.170. The van der Waals surface area contributed by atoms with Gasteiger partial charge in [-0.1, -0.05) is 13.8 Å². The van der Waals surface area contributed by atoms with Crippen LogP contribution in [0, 0.1) is 5.92 Å². The first-order valence-corrected chi connectivity index (χ1v) is 7.55. The summed E-state index contributed by atoms with van der Waals surface area (Å²) < 4.78 is 30.1. The van der Waals surface area contributed by atoms with Crippen LogP contribution in [0.2, 0.25) is 0 Å². The van der Waals surface area contributed by atoms with Crippen LogP contribution < -0.4 is 4.72 Å². The van der Waals surface area contributed by atoms with Crippen molar-refractivity contribution in [2.24, 2.45) is 5.92 Å². The smallest absolute Gasteiger partial charge is 0.208 e. The number of hydrogen-bond donors (Lipinski definition) is 1. The Morgan fingerprint density at radius 1 is 1.31 bits per heavy atom. The summed E-state index contributed by atoms with van der Waals surface area (Å²) in [5, 5.41) is 0. The highest BCUT2D eigenvalue weighted by atomic mass is 32.2. The van der Waals surface area contributed by atoms with Crippen molar-refractivity contribution in [1.29, 1.82) is 0 Å². The van der Waals surface area contributed by atoms with Gasteiger partial charge in [0, 0.05) is 25.7 Å². The number of morpholine rings is 1. The van der Waals surface area contributed by atoms with Crippen LogP contribution in [0.25, 0.3) is 0 Å². The predicted octanol–water partition coefficient (Wildman–Crippen LogP) is -0.108. The van der Waals surface area contributed by atoms with E-state index in [9.17, 15) is 8.42 Å². The lowest BCUT2D eigenvalue weighted by Crippen LogP contribution is -2.51. The molecule has 0 spiro atoms. The molecule has 1 heterocycles. The molecular formula is C10H22N2O3S. The third kappa shape index (κ3) is 4.78. The Morgan fingerprint density at radius 3 is 2.31 bits per heavy atom. The number of hydrogen-bond acceptors (Lipinski definition) is 4. The zero-order valence-electron chi connectivity index (χ0n) is 10.3. The van der Waals surface area contributed by atoms with E-state index in [-0.39, 0.29) is 6.04 Å². The topological polar surface area (TPSA) is 58.6 Å². The number of nitrogens with one attached hydrogen (secondary N) is 1. The Morgan fingerprint density at radius 2 is 1.88 bits per heavy atom. The molecule has 0 bridgehead atoms. The third-order valence-corrected chi connectivity index (χ3v) is 3.53. The molecule has 0 aromatic heterocycles. The summed E-state index contributed by atoms with van der Waals surface area (Å²) in [7, 11) is -3.10. The number of sulfonamides is 1. The first-order chi connectivity index (χ1) is 7.40. The van der Waals surface area contributed by atoms with Gasteiger partial charge in [-0.05, 0) is 5.92 Å². The molecule has 1 unspecified atom stereocenters. The minimum atomic E-state index is -3.10. The average molecular weight is 250 g/mol. The molecule has 0 radical (unpaired) electrons. The van der Waals surface area contributed by atoms with Crippen molar-refractivity contribution in [2.45, 2.75) is 19.9 Å². The molecule has 1 rings (SSSR count). The highest BCUT2D eigenvalue weighted by Crippen LogP contribution is 2.12. The fourth-order valence-corrected chi connectivity index (χ4v) is 2.41. The summed E-state index contributed by atoms with van der Waals surface area (Å²) in [6.07, 6.45) is 1.20. The van der Waals surface area contributed by atoms with Crippen molar-refractivity contribution in [3.05, 3.63) is 0 Å². The monoisotopic (exact) mass is 250 g/mol. The van der Waals surface area contributed by atoms with Crippen molar-refractivity contribution in [2.75, 3.05) is 39.1 Å². The van der Waals surface area contributed by atoms with Gasteiger partial charge in [-0.15, -0.1) is 0 Å². The quantitative estimate of drug-likeness (QED) is 0.740. The van der Waals surface area contributed by atoms with Gasteiger partial charge in [-0.25, -0.2) is 13.1 Å². The van der Waals surface area contributed by atoms with Crippen LogP contribution in [0.3, 0.4) is 0 Å². The van der Waals surface area contributed by atoms with Crippen LogP contribution in [-0.2, 0) is 14.8 Å².